The van der Waals surface area contributed by atoms with Gasteiger partial charge in [-0.15, -0.1) is 0 Å². The van der Waals surface area contributed by atoms with E-state index >= 15 is 0 Å². The number of carbonyl (C=O) groups excluding carboxylic acids is 1. The minimum Gasteiger partial charge on any atom is -0.493 e. The SMILES string of the molecule is CCOC(=O)C(O)c1cc(Cl)cc(OCC2CC2)c1. The molecule has 1 aliphatic rings. The number of aliphatic hydroxyl groups is 1. The molecule has 1 saturated carbocycles. The Morgan fingerprint density at radius 1 is 1.47 bits per heavy atom. The molecule has 1 unspecified atom stereocenters. The standard InChI is InChI=1S/C14H17ClO4/c1-2-18-14(17)13(16)10-5-11(15)7-12(6-10)19-8-9-3-4-9/h5-7,9,13,16H,2-4,8H2,1H3. The van der Waals surface area contributed by atoms with Gasteiger partial charge in [0.05, 0.1) is 13.2 Å². The summed E-state index contributed by atoms with van der Waals surface area (Å²) in [6.07, 6.45) is 1.06. The van der Waals surface area contributed by atoms with Gasteiger partial charge >= 0.3 is 5.97 Å². The molecule has 0 aliphatic heterocycles. The summed E-state index contributed by atoms with van der Waals surface area (Å²) in [4.78, 5) is 11.5. The molecular weight excluding hydrogens is 268 g/mol. The van der Waals surface area contributed by atoms with E-state index in [9.17, 15) is 9.90 Å². The van der Waals surface area contributed by atoms with E-state index in [0.717, 1.165) is 0 Å². The molecule has 1 aromatic carbocycles. The van der Waals surface area contributed by atoms with Crippen LogP contribution in [0.1, 0.15) is 31.4 Å². The van der Waals surface area contributed by atoms with Crippen LogP contribution < -0.4 is 4.74 Å². The number of hydrogen-bond acceptors (Lipinski definition) is 4. The maximum atomic E-state index is 11.5. The highest BCUT2D eigenvalue weighted by Gasteiger charge is 2.23. The van der Waals surface area contributed by atoms with Gasteiger partial charge in [0.1, 0.15) is 5.75 Å². The van der Waals surface area contributed by atoms with Crippen molar-refractivity contribution in [1.82, 2.24) is 0 Å². The molecule has 0 saturated heterocycles. The van der Waals surface area contributed by atoms with Crippen molar-refractivity contribution >= 4 is 17.6 Å². The molecule has 0 bridgehead atoms. The van der Waals surface area contributed by atoms with Gasteiger partial charge in [0.15, 0.2) is 6.10 Å². The van der Waals surface area contributed by atoms with E-state index < -0.39 is 12.1 Å². The molecule has 4 nitrogen and oxygen atoms in total. The predicted octanol–water partition coefficient (Wildman–Crippen LogP) is 2.73. The van der Waals surface area contributed by atoms with Gasteiger partial charge in [-0.05, 0) is 49.4 Å². The lowest BCUT2D eigenvalue weighted by atomic mass is 10.1. The Bertz CT molecular complexity index is 457. The van der Waals surface area contributed by atoms with E-state index in [-0.39, 0.29) is 6.61 Å². The summed E-state index contributed by atoms with van der Waals surface area (Å²) in [6.45, 7) is 2.56. The summed E-state index contributed by atoms with van der Waals surface area (Å²) in [7, 11) is 0. The van der Waals surface area contributed by atoms with Gasteiger partial charge in [0, 0.05) is 5.02 Å². The van der Waals surface area contributed by atoms with Gasteiger partial charge in [0.2, 0.25) is 0 Å². The van der Waals surface area contributed by atoms with Crippen LogP contribution in [0, 0.1) is 5.92 Å². The minimum atomic E-state index is -1.33. The number of benzene rings is 1. The zero-order chi connectivity index (χ0) is 13.8. The third kappa shape index (κ3) is 4.11. The smallest absolute Gasteiger partial charge is 0.339 e. The van der Waals surface area contributed by atoms with Crippen molar-refractivity contribution < 1.29 is 19.4 Å². The van der Waals surface area contributed by atoms with Crippen LogP contribution in [0.3, 0.4) is 0 Å². The van der Waals surface area contributed by atoms with Crippen molar-refractivity contribution in [2.24, 2.45) is 5.92 Å². The molecule has 0 spiro atoms. The quantitative estimate of drug-likeness (QED) is 0.816. The molecular formula is C14H17ClO4. The molecule has 0 heterocycles. The first-order valence-electron chi connectivity index (χ1n) is 6.38. The Hall–Kier alpha value is -1.26. The summed E-state index contributed by atoms with van der Waals surface area (Å²) >= 11 is 5.96. The van der Waals surface area contributed by atoms with E-state index in [1.807, 2.05) is 0 Å². The number of hydrogen-bond donors (Lipinski definition) is 1. The zero-order valence-electron chi connectivity index (χ0n) is 10.8. The fourth-order valence-corrected chi connectivity index (χ4v) is 1.91. The molecule has 0 amide bonds. The highest BCUT2D eigenvalue weighted by molar-refractivity contribution is 6.30. The van der Waals surface area contributed by atoms with Crippen molar-refractivity contribution in [3.8, 4) is 5.75 Å². The normalized spacial score (nSPS) is 15.9. The summed E-state index contributed by atoms with van der Waals surface area (Å²) in [5, 5.41) is 10.3. The maximum Gasteiger partial charge on any atom is 0.339 e. The Morgan fingerprint density at radius 3 is 2.84 bits per heavy atom. The molecule has 1 atom stereocenters. The summed E-state index contributed by atoms with van der Waals surface area (Å²) in [5.41, 5.74) is 0.386. The van der Waals surface area contributed by atoms with Crippen molar-refractivity contribution in [3.63, 3.8) is 0 Å². The lowest BCUT2D eigenvalue weighted by molar-refractivity contribution is -0.153. The zero-order valence-corrected chi connectivity index (χ0v) is 11.5. The second-order valence-electron chi connectivity index (χ2n) is 4.63. The molecule has 19 heavy (non-hydrogen) atoms. The number of esters is 1. The molecule has 2 rings (SSSR count). The van der Waals surface area contributed by atoms with E-state index in [1.54, 1.807) is 19.1 Å². The number of carbonyl (C=O) groups is 1. The molecule has 5 heteroatoms. The first kappa shape index (κ1) is 14.2. The van der Waals surface area contributed by atoms with Crippen LogP contribution in [0.4, 0.5) is 0 Å². The monoisotopic (exact) mass is 284 g/mol. The van der Waals surface area contributed by atoms with Crippen molar-refractivity contribution in [2.75, 3.05) is 13.2 Å². The average molecular weight is 285 g/mol. The molecule has 1 N–H and O–H groups in total. The van der Waals surface area contributed by atoms with Crippen LogP contribution in [0.25, 0.3) is 0 Å². The fourth-order valence-electron chi connectivity index (χ4n) is 1.68. The Balaban J connectivity index is 2.07. The molecule has 1 fully saturated rings. The second-order valence-corrected chi connectivity index (χ2v) is 5.07. The van der Waals surface area contributed by atoms with Crippen LogP contribution in [0.15, 0.2) is 18.2 Å². The van der Waals surface area contributed by atoms with Gasteiger partial charge in [0.25, 0.3) is 0 Å². The van der Waals surface area contributed by atoms with E-state index in [4.69, 9.17) is 21.1 Å². The van der Waals surface area contributed by atoms with Crippen LogP contribution in [-0.2, 0) is 9.53 Å². The van der Waals surface area contributed by atoms with Crippen molar-refractivity contribution in [3.05, 3.63) is 28.8 Å². The lowest BCUT2D eigenvalue weighted by Crippen LogP contribution is -2.15. The van der Waals surface area contributed by atoms with Crippen LogP contribution >= 0.6 is 11.6 Å². The second kappa shape index (κ2) is 6.26. The van der Waals surface area contributed by atoms with E-state index in [1.165, 1.54) is 18.9 Å². The summed E-state index contributed by atoms with van der Waals surface area (Å²) in [5.74, 6) is 0.507. The Labute approximate surface area is 117 Å². The van der Waals surface area contributed by atoms with E-state index in [0.29, 0.717) is 28.9 Å². The number of halogens is 1. The van der Waals surface area contributed by atoms with Crippen molar-refractivity contribution in [2.45, 2.75) is 25.9 Å². The first-order valence-corrected chi connectivity index (χ1v) is 6.76. The topological polar surface area (TPSA) is 55.8 Å². The maximum absolute atomic E-state index is 11.5. The highest BCUT2D eigenvalue weighted by Crippen LogP contribution is 2.31. The summed E-state index contributed by atoms with van der Waals surface area (Å²) in [6, 6.07) is 4.83. The third-order valence-corrected chi connectivity index (χ3v) is 3.12. The van der Waals surface area contributed by atoms with E-state index in [2.05, 4.69) is 0 Å². The first-order chi connectivity index (χ1) is 9.10. The van der Waals surface area contributed by atoms with Crippen LogP contribution in [0.5, 0.6) is 5.75 Å². The molecule has 0 radical (unpaired) electrons. The van der Waals surface area contributed by atoms with Gasteiger partial charge in [-0.2, -0.15) is 0 Å². The highest BCUT2D eigenvalue weighted by atomic mass is 35.5. The Kier molecular flexibility index (Phi) is 4.66. The van der Waals surface area contributed by atoms with Crippen LogP contribution in [0.2, 0.25) is 5.02 Å². The molecule has 1 aliphatic carbocycles. The molecule has 1 aromatic rings. The average Bonchev–Trinajstić information content (AvgIpc) is 3.19. The number of rotatable bonds is 6. The fraction of sp³-hybridized carbons (Fsp3) is 0.500. The van der Waals surface area contributed by atoms with Gasteiger partial charge in [-0.1, -0.05) is 11.6 Å². The van der Waals surface area contributed by atoms with Gasteiger partial charge in [-0.3, -0.25) is 0 Å². The summed E-state index contributed by atoms with van der Waals surface area (Å²) < 4.78 is 10.4. The van der Waals surface area contributed by atoms with Crippen molar-refractivity contribution in [1.29, 1.82) is 0 Å². The largest absolute Gasteiger partial charge is 0.493 e. The van der Waals surface area contributed by atoms with Crippen LogP contribution in [-0.4, -0.2) is 24.3 Å². The number of ether oxygens (including phenoxy) is 2. The Morgan fingerprint density at radius 2 is 2.21 bits per heavy atom. The minimum absolute atomic E-state index is 0.224. The predicted molar refractivity (Wildman–Crippen MR) is 71.3 cm³/mol. The third-order valence-electron chi connectivity index (χ3n) is 2.90. The number of aliphatic hydroxyl groups excluding tert-OH is 1. The van der Waals surface area contributed by atoms with Gasteiger partial charge < -0.3 is 14.6 Å². The molecule has 104 valence electrons. The lowest BCUT2D eigenvalue weighted by Gasteiger charge is -2.12. The molecule has 0 aromatic heterocycles. The van der Waals surface area contributed by atoms with Gasteiger partial charge in [-0.25, -0.2) is 4.79 Å².